The van der Waals surface area contributed by atoms with Gasteiger partial charge in [-0.05, 0) is 30.3 Å². The van der Waals surface area contributed by atoms with Crippen LogP contribution in [0, 0.1) is 0 Å². The summed E-state index contributed by atoms with van der Waals surface area (Å²) in [6.07, 6.45) is 0. The lowest BCUT2D eigenvalue weighted by Crippen LogP contribution is -2.21. The van der Waals surface area contributed by atoms with Crippen molar-refractivity contribution in [3.8, 4) is 11.5 Å². The fourth-order valence-corrected chi connectivity index (χ4v) is 1.99. The first-order valence-electron chi connectivity index (χ1n) is 6.27. The zero-order chi connectivity index (χ0) is 15.4. The number of nitrogens with two attached hydrogens (primary N) is 1. The first-order chi connectivity index (χ1) is 10.0. The number of nitrogens with one attached hydrogen (secondary N) is 1. The van der Waals surface area contributed by atoms with Crippen LogP contribution in [0.2, 0.25) is 5.02 Å². The van der Waals surface area contributed by atoms with Crippen LogP contribution in [0.15, 0.2) is 42.5 Å². The van der Waals surface area contributed by atoms with E-state index in [0.29, 0.717) is 27.8 Å². The predicted molar refractivity (Wildman–Crippen MR) is 91.0 cm³/mol. The number of amides is 1. The molecule has 1 amide bonds. The molecule has 0 heterocycles. The van der Waals surface area contributed by atoms with Crippen LogP contribution < -0.4 is 16.0 Å². The van der Waals surface area contributed by atoms with Crippen LogP contribution in [-0.4, -0.2) is 24.9 Å². The number of hydrazine groups is 1. The highest BCUT2D eigenvalue weighted by Gasteiger charge is 2.09. The lowest BCUT2D eigenvalue weighted by Gasteiger charge is -2.12. The molecule has 2 rings (SSSR count). The molecule has 0 aliphatic heterocycles. The molecule has 2 aromatic rings. The highest BCUT2D eigenvalue weighted by Crippen LogP contribution is 2.29. The number of hydrogen-bond donors (Lipinski definition) is 2. The molecule has 0 radical (unpaired) electrons. The molecule has 0 aliphatic carbocycles. The van der Waals surface area contributed by atoms with E-state index in [0.717, 1.165) is 0 Å². The van der Waals surface area contributed by atoms with E-state index in [1.807, 2.05) is 0 Å². The van der Waals surface area contributed by atoms with Gasteiger partial charge in [0.05, 0.1) is 10.7 Å². The molecular weight excluding hydrogens is 325 g/mol. The normalized spacial score (nSPS) is 9.64. The first-order valence-corrected chi connectivity index (χ1v) is 6.65. The van der Waals surface area contributed by atoms with Gasteiger partial charge in [0.2, 0.25) is 0 Å². The van der Waals surface area contributed by atoms with Crippen molar-refractivity contribution in [1.29, 1.82) is 0 Å². The molecule has 0 fully saturated rings. The fraction of sp³-hybridized carbons (Fsp3) is 0.133. The highest BCUT2D eigenvalue weighted by atomic mass is 35.5. The highest BCUT2D eigenvalue weighted by molar-refractivity contribution is 6.33. The van der Waals surface area contributed by atoms with Crippen LogP contribution in [0.25, 0.3) is 0 Å². The molecule has 0 atom stereocenters. The minimum absolute atomic E-state index is 0. The van der Waals surface area contributed by atoms with Crippen LogP contribution in [0.1, 0.15) is 10.4 Å². The van der Waals surface area contributed by atoms with E-state index in [1.54, 1.807) is 56.6 Å². The molecule has 0 aromatic heterocycles. The Morgan fingerprint density at radius 2 is 1.86 bits per heavy atom. The second-order valence-electron chi connectivity index (χ2n) is 4.62. The van der Waals surface area contributed by atoms with Crippen LogP contribution >= 0.6 is 24.0 Å². The maximum absolute atomic E-state index is 11.9. The van der Waals surface area contributed by atoms with Gasteiger partial charge in [-0.25, -0.2) is 0 Å². The number of hydrogen-bond acceptors (Lipinski definition) is 4. The molecular formula is C15H17Cl2N3O2. The monoisotopic (exact) mass is 341 g/mol. The topological polar surface area (TPSA) is 67.6 Å². The molecule has 118 valence electrons. The smallest absolute Gasteiger partial charge is 0.253 e. The number of nitrogens with zero attached hydrogens (tertiary/aromatic N) is 1. The summed E-state index contributed by atoms with van der Waals surface area (Å²) in [5, 5.41) is 0.454. The Hall–Kier alpha value is -1.95. The molecule has 7 heteroatoms. The summed E-state index contributed by atoms with van der Waals surface area (Å²) in [6, 6.07) is 12.1. The van der Waals surface area contributed by atoms with Crippen molar-refractivity contribution in [2.75, 3.05) is 19.5 Å². The van der Waals surface area contributed by atoms with Gasteiger partial charge in [-0.3, -0.25) is 10.6 Å². The Morgan fingerprint density at radius 1 is 1.18 bits per heavy atom. The van der Waals surface area contributed by atoms with Gasteiger partial charge in [-0.1, -0.05) is 17.7 Å². The number of ether oxygens (including phenoxy) is 1. The van der Waals surface area contributed by atoms with Gasteiger partial charge in [0.25, 0.3) is 5.91 Å². The summed E-state index contributed by atoms with van der Waals surface area (Å²) < 4.78 is 5.71. The molecule has 0 saturated carbocycles. The number of rotatable bonds is 4. The number of anilines is 1. The largest absolute Gasteiger partial charge is 0.457 e. The van der Waals surface area contributed by atoms with Crippen LogP contribution in [0.3, 0.4) is 0 Å². The van der Waals surface area contributed by atoms with Crippen molar-refractivity contribution in [2.45, 2.75) is 0 Å². The van der Waals surface area contributed by atoms with Crippen molar-refractivity contribution in [1.82, 2.24) is 4.90 Å². The SMILES string of the molecule is CN(C)C(=O)c1cccc(Oc2ccc(NN)c(Cl)c2)c1.Cl. The van der Waals surface area contributed by atoms with Crippen LogP contribution in [-0.2, 0) is 0 Å². The van der Waals surface area contributed by atoms with Gasteiger partial charge in [0.1, 0.15) is 11.5 Å². The van der Waals surface area contributed by atoms with Gasteiger partial charge < -0.3 is 15.1 Å². The fourth-order valence-electron chi connectivity index (χ4n) is 1.76. The van der Waals surface area contributed by atoms with Gasteiger partial charge in [-0.15, -0.1) is 12.4 Å². The van der Waals surface area contributed by atoms with Gasteiger partial charge in [-0.2, -0.15) is 0 Å². The molecule has 22 heavy (non-hydrogen) atoms. The van der Waals surface area contributed by atoms with E-state index in [1.165, 1.54) is 4.90 Å². The van der Waals surface area contributed by atoms with Crippen molar-refractivity contribution in [3.05, 3.63) is 53.1 Å². The third kappa shape index (κ3) is 4.27. The molecule has 0 saturated heterocycles. The van der Waals surface area contributed by atoms with Crippen LogP contribution in [0.4, 0.5) is 5.69 Å². The number of carbonyl (C=O) groups excluding carboxylic acids is 1. The summed E-state index contributed by atoms with van der Waals surface area (Å²) >= 11 is 6.04. The quantitative estimate of drug-likeness (QED) is 0.659. The summed E-state index contributed by atoms with van der Waals surface area (Å²) in [6.45, 7) is 0. The Kier molecular flexibility index (Phi) is 6.49. The van der Waals surface area contributed by atoms with Gasteiger partial charge in [0.15, 0.2) is 0 Å². The van der Waals surface area contributed by atoms with E-state index >= 15 is 0 Å². The van der Waals surface area contributed by atoms with Crippen LogP contribution in [0.5, 0.6) is 11.5 Å². The van der Waals surface area contributed by atoms with E-state index in [2.05, 4.69) is 5.43 Å². The lowest BCUT2D eigenvalue weighted by atomic mass is 10.2. The van der Waals surface area contributed by atoms with Gasteiger partial charge in [0, 0.05) is 25.7 Å². The summed E-state index contributed by atoms with van der Waals surface area (Å²) in [7, 11) is 3.41. The Bertz CT molecular complexity index is 663. The Labute approximate surface area is 140 Å². The molecule has 0 unspecified atom stereocenters. The average molecular weight is 342 g/mol. The maximum Gasteiger partial charge on any atom is 0.253 e. The summed E-state index contributed by atoms with van der Waals surface area (Å²) in [5.41, 5.74) is 3.66. The van der Waals surface area contributed by atoms with Crippen molar-refractivity contribution < 1.29 is 9.53 Å². The molecule has 3 N–H and O–H groups in total. The molecule has 5 nitrogen and oxygen atoms in total. The van der Waals surface area contributed by atoms with Gasteiger partial charge >= 0.3 is 0 Å². The third-order valence-electron chi connectivity index (χ3n) is 2.82. The zero-order valence-electron chi connectivity index (χ0n) is 12.2. The molecule has 0 bridgehead atoms. The summed E-state index contributed by atoms with van der Waals surface area (Å²) in [4.78, 5) is 13.4. The van der Waals surface area contributed by atoms with E-state index < -0.39 is 0 Å². The number of carbonyl (C=O) groups is 1. The third-order valence-corrected chi connectivity index (χ3v) is 3.13. The Balaban J connectivity index is 0.00000242. The summed E-state index contributed by atoms with van der Waals surface area (Å²) in [5.74, 6) is 6.36. The van der Waals surface area contributed by atoms with Crippen molar-refractivity contribution >= 4 is 35.6 Å². The second-order valence-corrected chi connectivity index (χ2v) is 5.02. The first kappa shape index (κ1) is 18.1. The minimum Gasteiger partial charge on any atom is -0.457 e. The molecule has 0 aliphatic rings. The molecule has 0 spiro atoms. The number of halogens is 2. The lowest BCUT2D eigenvalue weighted by molar-refractivity contribution is 0.0827. The number of nitrogen functional groups attached to an aromatic ring is 1. The maximum atomic E-state index is 11.9. The average Bonchev–Trinajstić information content (AvgIpc) is 2.47. The zero-order valence-corrected chi connectivity index (χ0v) is 13.7. The van der Waals surface area contributed by atoms with Crippen molar-refractivity contribution in [2.24, 2.45) is 5.84 Å². The van der Waals surface area contributed by atoms with Crippen molar-refractivity contribution in [3.63, 3.8) is 0 Å². The van der Waals surface area contributed by atoms with E-state index in [9.17, 15) is 4.79 Å². The minimum atomic E-state index is -0.0823. The second kappa shape index (κ2) is 7.89. The standard InChI is InChI=1S/C15H16ClN3O2.ClH/c1-19(2)15(20)10-4-3-5-11(8-10)21-12-6-7-14(18-17)13(16)9-12;/h3-9,18H,17H2,1-2H3;1H. The van der Waals surface area contributed by atoms with E-state index in [-0.39, 0.29) is 18.3 Å². The number of benzene rings is 2. The predicted octanol–water partition coefficient (Wildman–Crippen LogP) is 3.54. The molecule has 2 aromatic carbocycles. The van der Waals surface area contributed by atoms with E-state index in [4.69, 9.17) is 22.2 Å². The Morgan fingerprint density at radius 3 is 2.45 bits per heavy atom.